The van der Waals surface area contributed by atoms with Gasteiger partial charge in [-0.2, -0.15) is 0 Å². The minimum atomic E-state index is -1.20. The lowest BCUT2D eigenvalue weighted by Crippen LogP contribution is -2.07. The first-order valence-electron chi connectivity index (χ1n) is 6.59. The molecule has 0 heterocycles. The Kier molecular flexibility index (Phi) is 4.73. The second-order valence-corrected chi connectivity index (χ2v) is 4.91. The third-order valence-corrected chi connectivity index (χ3v) is 2.76. The zero-order valence-corrected chi connectivity index (χ0v) is 11.8. The van der Waals surface area contributed by atoms with Crippen molar-refractivity contribution in [2.75, 3.05) is 5.32 Å². The molecule has 0 unspecified atom stereocenters. The Morgan fingerprint density at radius 1 is 1.00 bits per heavy atom. The summed E-state index contributed by atoms with van der Waals surface area (Å²) in [7, 11) is 0. The highest BCUT2D eigenvalue weighted by Gasteiger charge is 2.09. The van der Waals surface area contributed by atoms with Gasteiger partial charge < -0.3 is 10.1 Å². The Morgan fingerprint density at radius 3 is 2.43 bits per heavy atom. The van der Waals surface area contributed by atoms with Crippen LogP contribution in [0.25, 0.3) is 0 Å². The molecule has 0 saturated carbocycles. The largest absolute Gasteiger partial charge is 0.491 e. The van der Waals surface area contributed by atoms with E-state index < -0.39 is 17.5 Å². The summed E-state index contributed by atoms with van der Waals surface area (Å²) in [4.78, 5) is 0. The fraction of sp³-hybridized carbons (Fsp3) is 0.250. The summed E-state index contributed by atoms with van der Waals surface area (Å²) in [6, 6.07) is 8.61. The lowest BCUT2D eigenvalue weighted by Gasteiger charge is -2.12. The number of halogens is 3. The number of hydrogen-bond donors (Lipinski definition) is 1. The summed E-state index contributed by atoms with van der Waals surface area (Å²) in [6.07, 6.45) is 0.0526. The molecule has 21 heavy (non-hydrogen) atoms. The number of rotatable bonds is 5. The second-order valence-electron chi connectivity index (χ2n) is 4.91. The van der Waals surface area contributed by atoms with E-state index in [-0.39, 0.29) is 18.3 Å². The van der Waals surface area contributed by atoms with Crippen molar-refractivity contribution in [3.05, 3.63) is 59.4 Å². The van der Waals surface area contributed by atoms with Crippen LogP contribution >= 0.6 is 0 Å². The molecule has 2 rings (SSSR count). The normalized spacial score (nSPS) is 10.8. The first kappa shape index (κ1) is 15.2. The predicted molar refractivity (Wildman–Crippen MR) is 75.8 cm³/mol. The summed E-state index contributed by atoms with van der Waals surface area (Å²) in [6.45, 7) is 4.11. The summed E-state index contributed by atoms with van der Waals surface area (Å²) in [5.74, 6) is -2.42. The fourth-order valence-electron chi connectivity index (χ4n) is 1.86. The maximum absolute atomic E-state index is 13.5. The topological polar surface area (TPSA) is 21.3 Å². The highest BCUT2D eigenvalue weighted by atomic mass is 19.2. The molecule has 0 aliphatic carbocycles. The van der Waals surface area contributed by atoms with Gasteiger partial charge in [0, 0.05) is 18.7 Å². The monoisotopic (exact) mass is 295 g/mol. The molecular weight excluding hydrogens is 279 g/mol. The summed E-state index contributed by atoms with van der Waals surface area (Å²) >= 11 is 0. The molecule has 0 aromatic heterocycles. The maximum Gasteiger partial charge on any atom is 0.161 e. The Balaban J connectivity index is 2.08. The van der Waals surface area contributed by atoms with Crippen LogP contribution < -0.4 is 10.1 Å². The van der Waals surface area contributed by atoms with Crippen molar-refractivity contribution < 1.29 is 17.9 Å². The number of hydrogen-bond acceptors (Lipinski definition) is 2. The molecule has 0 radical (unpaired) electrons. The van der Waals surface area contributed by atoms with Crippen LogP contribution in [0.2, 0.25) is 0 Å². The maximum atomic E-state index is 13.5. The molecule has 112 valence electrons. The van der Waals surface area contributed by atoms with Crippen molar-refractivity contribution in [2.45, 2.75) is 26.5 Å². The van der Waals surface area contributed by atoms with Gasteiger partial charge in [0.2, 0.25) is 0 Å². The third-order valence-electron chi connectivity index (χ3n) is 2.76. The van der Waals surface area contributed by atoms with Gasteiger partial charge in [-0.3, -0.25) is 0 Å². The van der Waals surface area contributed by atoms with Crippen LogP contribution in [0.3, 0.4) is 0 Å². The van der Waals surface area contributed by atoms with E-state index in [0.29, 0.717) is 11.8 Å². The lowest BCUT2D eigenvalue weighted by atomic mass is 10.2. The van der Waals surface area contributed by atoms with E-state index in [1.165, 1.54) is 0 Å². The van der Waals surface area contributed by atoms with Gasteiger partial charge in [0.05, 0.1) is 11.8 Å². The van der Waals surface area contributed by atoms with Crippen molar-refractivity contribution in [3.63, 3.8) is 0 Å². The molecular formula is C16H16F3NO. The molecule has 0 spiro atoms. The SMILES string of the molecule is CC(C)Oc1cccc(CNc2cc(F)c(F)cc2F)c1. The number of nitrogens with one attached hydrogen (secondary N) is 1. The van der Waals surface area contributed by atoms with Crippen molar-refractivity contribution in [1.29, 1.82) is 0 Å². The predicted octanol–water partition coefficient (Wildman–Crippen LogP) is 4.50. The van der Waals surface area contributed by atoms with Gasteiger partial charge in [-0.15, -0.1) is 0 Å². The van der Waals surface area contributed by atoms with Gasteiger partial charge in [-0.25, -0.2) is 13.2 Å². The van der Waals surface area contributed by atoms with Gasteiger partial charge in [-0.1, -0.05) is 12.1 Å². The highest BCUT2D eigenvalue weighted by Crippen LogP contribution is 2.20. The van der Waals surface area contributed by atoms with E-state index in [0.717, 1.165) is 11.6 Å². The van der Waals surface area contributed by atoms with E-state index in [9.17, 15) is 13.2 Å². The van der Waals surface area contributed by atoms with Crippen molar-refractivity contribution in [3.8, 4) is 5.75 Å². The molecule has 0 atom stereocenters. The van der Waals surface area contributed by atoms with Crippen LogP contribution in [0.5, 0.6) is 5.75 Å². The lowest BCUT2D eigenvalue weighted by molar-refractivity contribution is 0.242. The van der Waals surface area contributed by atoms with Gasteiger partial charge in [0.15, 0.2) is 11.6 Å². The van der Waals surface area contributed by atoms with E-state index >= 15 is 0 Å². The zero-order chi connectivity index (χ0) is 15.4. The van der Waals surface area contributed by atoms with Crippen LogP contribution in [0.1, 0.15) is 19.4 Å². The molecule has 0 bridgehead atoms. The molecule has 0 fully saturated rings. The van der Waals surface area contributed by atoms with Gasteiger partial charge in [0.1, 0.15) is 11.6 Å². The average molecular weight is 295 g/mol. The van der Waals surface area contributed by atoms with Crippen LogP contribution in [0.15, 0.2) is 36.4 Å². The van der Waals surface area contributed by atoms with Crippen molar-refractivity contribution in [2.24, 2.45) is 0 Å². The number of anilines is 1. The average Bonchev–Trinajstić information content (AvgIpc) is 2.41. The van der Waals surface area contributed by atoms with Gasteiger partial charge in [0.25, 0.3) is 0 Å². The molecule has 2 nitrogen and oxygen atoms in total. The minimum absolute atomic E-state index is 0.0526. The Morgan fingerprint density at radius 2 is 1.71 bits per heavy atom. The molecule has 0 aliphatic rings. The van der Waals surface area contributed by atoms with Crippen molar-refractivity contribution in [1.82, 2.24) is 0 Å². The molecule has 2 aromatic rings. The van der Waals surface area contributed by atoms with Crippen LogP contribution in [-0.4, -0.2) is 6.10 Å². The standard InChI is InChI=1S/C16H16F3NO/c1-10(2)21-12-5-3-4-11(6-12)9-20-16-8-14(18)13(17)7-15(16)19/h3-8,10,20H,9H2,1-2H3. The van der Waals surface area contributed by atoms with E-state index in [1.54, 1.807) is 0 Å². The molecule has 5 heteroatoms. The van der Waals surface area contributed by atoms with E-state index in [4.69, 9.17) is 4.74 Å². The van der Waals surface area contributed by atoms with Gasteiger partial charge in [-0.05, 0) is 31.5 Å². The van der Waals surface area contributed by atoms with Crippen molar-refractivity contribution >= 4 is 5.69 Å². The minimum Gasteiger partial charge on any atom is -0.491 e. The number of benzene rings is 2. The quantitative estimate of drug-likeness (QED) is 0.820. The molecule has 2 aromatic carbocycles. The van der Waals surface area contributed by atoms with Gasteiger partial charge >= 0.3 is 0 Å². The molecule has 0 amide bonds. The van der Waals surface area contributed by atoms with Crippen LogP contribution in [0, 0.1) is 17.5 Å². The Labute approximate surface area is 121 Å². The number of ether oxygens (including phenoxy) is 1. The smallest absolute Gasteiger partial charge is 0.161 e. The zero-order valence-electron chi connectivity index (χ0n) is 11.8. The summed E-state index contributed by atoms with van der Waals surface area (Å²) < 4.78 is 45.0. The first-order chi connectivity index (χ1) is 9.95. The summed E-state index contributed by atoms with van der Waals surface area (Å²) in [5, 5.41) is 2.74. The first-order valence-corrected chi connectivity index (χ1v) is 6.59. The molecule has 0 aliphatic heterocycles. The second kappa shape index (κ2) is 6.52. The Hall–Kier alpha value is -2.17. The molecule has 1 N–H and O–H groups in total. The Bertz CT molecular complexity index is 629. The van der Waals surface area contributed by atoms with E-state index in [2.05, 4.69) is 5.32 Å². The van der Waals surface area contributed by atoms with Crippen LogP contribution in [-0.2, 0) is 6.54 Å². The van der Waals surface area contributed by atoms with Crippen LogP contribution in [0.4, 0.5) is 18.9 Å². The summed E-state index contributed by atoms with van der Waals surface area (Å²) in [5.41, 5.74) is 0.765. The third kappa shape index (κ3) is 4.15. The fourth-order valence-corrected chi connectivity index (χ4v) is 1.86. The van der Waals surface area contributed by atoms with E-state index in [1.807, 2.05) is 38.1 Å². The highest BCUT2D eigenvalue weighted by molar-refractivity contribution is 5.46. The molecule has 0 saturated heterocycles.